The van der Waals surface area contributed by atoms with Crippen molar-refractivity contribution in [2.75, 3.05) is 0 Å². The minimum Gasteiger partial charge on any atom is -0.328 e. The summed E-state index contributed by atoms with van der Waals surface area (Å²) in [6.45, 7) is 1.84. The van der Waals surface area contributed by atoms with Crippen molar-refractivity contribution in [3.8, 4) is 11.1 Å². The van der Waals surface area contributed by atoms with Gasteiger partial charge in [0.25, 0.3) is 0 Å². The zero-order valence-electron chi connectivity index (χ0n) is 11.1. The van der Waals surface area contributed by atoms with E-state index in [2.05, 4.69) is 0 Å². The lowest BCUT2D eigenvalue weighted by Crippen LogP contribution is -2.18. The molecule has 0 bridgehead atoms. The predicted octanol–water partition coefficient (Wildman–Crippen LogP) is 4.26. The van der Waals surface area contributed by atoms with Gasteiger partial charge in [0.15, 0.2) is 0 Å². The Kier molecular flexibility index (Phi) is 4.14. The summed E-state index contributed by atoms with van der Waals surface area (Å²) in [6, 6.07) is 12.8. The molecule has 2 N–H and O–H groups in total. The SMILES string of the molecule is CC(N)Cc1ccc(C(F)(F)F)cc1-c1ccccc1. The molecule has 1 nitrogen and oxygen atoms in total. The van der Waals surface area contributed by atoms with E-state index in [1.807, 2.05) is 25.1 Å². The minimum atomic E-state index is -4.34. The molecule has 0 fully saturated rings. The van der Waals surface area contributed by atoms with Crippen LogP contribution in [0.25, 0.3) is 11.1 Å². The smallest absolute Gasteiger partial charge is 0.328 e. The second kappa shape index (κ2) is 5.67. The first-order valence-corrected chi connectivity index (χ1v) is 6.39. The first-order valence-electron chi connectivity index (χ1n) is 6.39. The van der Waals surface area contributed by atoms with Crippen molar-refractivity contribution < 1.29 is 13.2 Å². The van der Waals surface area contributed by atoms with Crippen molar-refractivity contribution in [3.05, 3.63) is 59.7 Å². The van der Waals surface area contributed by atoms with Crippen molar-refractivity contribution in [2.24, 2.45) is 5.73 Å². The summed E-state index contributed by atoms with van der Waals surface area (Å²) in [5, 5.41) is 0. The van der Waals surface area contributed by atoms with Gasteiger partial charge in [-0.1, -0.05) is 36.4 Å². The maximum atomic E-state index is 12.9. The Morgan fingerprint density at radius 1 is 1.05 bits per heavy atom. The third-order valence-corrected chi connectivity index (χ3v) is 3.06. The highest BCUT2D eigenvalue weighted by Gasteiger charge is 2.31. The summed E-state index contributed by atoms with van der Waals surface area (Å²) < 4.78 is 38.6. The van der Waals surface area contributed by atoms with Gasteiger partial charge in [-0.15, -0.1) is 0 Å². The van der Waals surface area contributed by atoms with Crippen LogP contribution in [-0.2, 0) is 12.6 Å². The van der Waals surface area contributed by atoms with Gasteiger partial charge in [-0.2, -0.15) is 13.2 Å². The van der Waals surface area contributed by atoms with Crippen molar-refractivity contribution in [3.63, 3.8) is 0 Å². The molecular weight excluding hydrogens is 263 g/mol. The van der Waals surface area contributed by atoms with Gasteiger partial charge in [0, 0.05) is 6.04 Å². The summed E-state index contributed by atoms with van der Waals surface area (Å²) in [5.41, 5.74) is 7.34. The molecule has 0 saturated carbocycles. The number of alkyl halides is 3. The van der Waals surface area contributed by atoms with Gasteiger partial charge in [-0.3, -0.25) is 0 Å². The topological polar surface area (TPSA) is 26.0 Å². The second-order valence-corrected chi connectivity index (χ2v) is 4.92. The Morgan fingerprint density at radius 2 is 1.70 bits per heavy atom. The van der Waals surface area contributed by atoms with Gasteiger partial charge >= 0.3 is 6.18 Å². The van der Waals surface area contributed by atoms with Crippen LogP contribution in [0.4, 0.5) is 13.2 Å². The Balaban J connectivity index is 2.54. The van der Waals surface area contributed by atoms with E-state index in [-0.39, 0.29) is 6.04 Å². The quantitative estimate of drug-likeness (QED) is 0.892. The number of nitrogens with two attached hydrogens (primary N) is 1. The normalized spacial score (nSPS) is 13.2. The number of hydrogen-bond donors (Lipinski definition) is 1. The van der Waals surface area contributed by atoms with Crippen LogP contribution < -0.4 is 5.73 Å². The highest BCUT2D eigenvalue weighted by atomic mass is 19.4. The van der Waals surface area contributed by atoms with Gasteiger partial charge < -0.3 is 5.73 Å². The van der Waals surface area contributed by atoms with Crippen LogP contribution in [0.15, 0.2) is 48.5 Å². The number of benzene rings is 2. The monoisotopic (exact) mass is 279 g/mol. The molecule has 0 radical (unpaired) electrons. The fraction of sp³-hybridized carbons (Fsp3) is 0.250. The van der Waals surface area contributed by atoms with Gasteiger partial charge in [-0.05, 0) is 42.2 Å². The summed E-state index contributed by atoms with van der Waals surface area (Å²) >= 11 is 0. The molecule has 2 aromatic carbocycles. The molecule has 0 aliphatic carbocycles. The maximum absolute atomic E-state index is 12.9. The van der Waals surface area contributed by atoms with Crippen molar-refractivity contribution in [2.45, 2.75) is 25.6 Å². The highest BCUT2D eigenvalue weighted by Crippen LogP contribution is 2.34. The summed E-state index contributed by atoms with van der Waals surface area (Å²) in [4.78, 5) is 0. The Labute approximate surface area is 116 Å². The zero-order valence-corrected chi connectivity index (χ0v) is 11.1. The van der Waals surface area contributed by atoms with Crippen molar-refractivity contribution in [1.29, 1.82) is 0 Å². The first-order chi connectivity index (χ1) is 9.38. The molecule has 0 spiro atoms. The number of halogens is 3. The van der Waals surface area contributed by atoms with E-state index in [0.29, 0.717) is 12.0 Å². The Hall–Kier alpha value is -1.81. The minimum absolute atomic E-state index is 0.103. The fourth-order valence-corrected chi connectivity index (χ4v) is 2.16. The maximum Gasteiger partial charge on any atom is 0.416 e. The predicted molar refractivity (Wildman–Crippen MR) is 74.2 cm³/mol. The van der Waals surface area contributed by atoms with Crippen LogP contribution in [-0.4, -0.2) is 6.04 Å². The number of rotatable bonds is 3. The molecule has 1 atom stereocenters. The van der Waals surface area contributed by atoms with Crippen LogP contribution in [0.1, 0.15) is 18.1 Å². The van der Waals surface area contributed by atoms with Crippen LogP contribution in [0, 0.1) is 0 Å². The molecule has 2 rings (SSSR count). The molecule has 0 amide bonds. The molecular formula is C16H16F3N. The first kappa shape index (κ1) is 14.6. The lowest BCUT2D eigenvalue weighted by atomic mass is 9.93. The van der Waals surface area contributed by atoms with E-state index < -0.39 is 11.7 Å². The van der Waals surface area contributed by atoms with Gasteiger partial charge in [0.2, 0.25) is 0 Å². The fourth-order valence-electron chi connectivity index (χ4n) is 2.16. The molecule has 0 aliphatic heterocycles. The summed E-state index contributed by atoms with van der Waals surface area (Å²) in [6.07, 6.45) is -3.79. The van der Waals surface area contributed by atoms with Crippen LogP contribution in [0.5, 0.6) is 0 Å². The third-order valence-electron chi connectivity index (χ3n) is 3.06. The average molecular weight is 279 g/mol. The van der Waals surface area contributed by atoms with E-state index in [4.69, 9.17) is 5.73 Å². The van der Waals surface area contributed by atoms with Gasteiger partial charge in [-0.25, -0.2) is 0 Å². The Bertz CT molecular complexity index is 574. The summed E-state index contributed by atoms with van der Waals surface area (Å²) in [5.74, 6) is 0. The van der Waals surface area contributed by atoms with Crippen LogP contribution in [0.2, 0.25) is 0 Å². The third kappa shape index (κ3) is 3.39. The van der Waals surface area contributed by atoms with Crippen molar-refractivity contribution >= 4 is 0 Å². The zero-order chi connectivity index (χ0) is 14.8. The largest absolute Gasteiger partial charge is 0.416 e. The van der Waals surface area contributed by atoms with Crippen LogP contribution in [0.3, 0.4) is 0 Å². The molecule has 1 unspecified atom stereocenters. The van der Waals surface area contributed by atoms with E-state index in [9.17, 15) is 13.2 Å². The molecule has 106 valence electrons. The highest BCUT2D eigenvalue weighted by molar-refractivity contribution is 5.68. The lowest BCUT2D eigenvalue weighted by molar-refractivity contribution is -0.137. The molecule has 0 aliphatic rings. The van der Waals surface area contributed by atoms with E-state index >= 15 is 0 Å². The van der Waals surface area contributed by atoms with E-state index in [1.54, 1.807) is 12.1 Å². The van der Waals surface area contributed by atoms with Crippen LogP contribution >= 0.6 is 0 Å². The molecule has 0 saturated heterocycles. The Morgan fingerprint density at radius 3 is 2.25 bits per heavy atom. The second-order valence-electron chi connectivity index (χ2n) is 4.92. The standard InChI is InChI=1S/C16H16F3N/c1-11(20)9-13-7-8-14(16(17,18)19)10-15(13)12-5-3-2-4-6-12/h2-8,10-11H,9,20H2,1H3. The molecule has 0 heterocycles. The molecule has 20 heavy (non-hydrogen) atoms. The van der Waals surface area contributed by atoms with E-state index in [1.165, 1.54) is 12.1 Å². The lowest BCUT2D eigenvalue weighted by Gasteiger charge is -2.15. The van der Waals surface area contributed by atoms with Gasteiger partial charge in [0.05, 0.1) is 5.56 Å². The molecule has 0 aromatic heterocycles. The number of hydrogen-bond acceptors (Lipinski definition) is 1. The van der Waals surface area contributed by atoms with Crippen molar-refractivity contribution in [1.82, 2.24) is 0 Å². The van der Waals surface area contributed by atoms with Gasteiger partial charge in [0.1, 0.15) is 0 Å². The molecule has 2 aromatic rings. The average Bonchev–Trinajstić information content (AvgIpc) is 2.38. The summed E-state index contributed by atoms with van der Waals surface area (Å²) in [7, 11) is 0. The molecule has 4 heteroatoms. The van der Waals surface area contributed by atoms with E-state index in [0.717, 1.165) is 17.2 Å².